The van der Waals surface area contributed by atoms with Gasteiger partial charge in [-0.05, 0) is 61.0 Å². The first kappa shape index (κ1) is 15.1. The Morgan fingerprint density at radius 2 is 1.85 bits per heavy atom. The summed E-state index contributed by atoms with van der Waals surface area (Å²) in [5, 5.41) is 3.45. The van der Waals surface area contributed by atoms with Crippen LogP contribution in [0.1, 0.15) is 31.2 Å². The Bertz CT molecular complexity index is 536. The minimum atomic E-state index is 0.151. The molecule has 1 aromatic heterocycles. The number of furan rings is 1. The Kier molecular flexibility index (Phi) is 5.26. The molecule has 0 saturated heterocycles. The Morgan fingerprint density at radius 1 is 1.15 bits per heavy atom. The molecule has 4 heteroatoms. The summed E-state index contributed by atoms with van der Waals surface area (Å²) in [5.41, 5.74) is 1.24. The highest BCUT2D eigenvalue weighted by Gasteiger charge is 2.13. The molecule has 0 spiro atoms. The summed E-state index contributed by atoms with van der Waals surface area (Å²) in [5.74, 6) is 1.82. The second kappa shape index (κ2) is 6.95. The van der Waals surface area contributed by atoms with Gasteiger partial charge in [-0.25, -0.2) is 0 Å². The van der Waals surface area contributed by atoms with Gasteiger partial charge < -0.3 is 14.5 Å². The second-order valence-corrected chi connectivity index (χ2v) is 5.84. The predicted octanol–water partition coefficient (Wildman–Crippen LogP) is 4.47. The first-order chi connectivity index (χ1) is 9.54. The fourth-order valence-electron chi connectivity index (χ4n) is 1.97. The van der Waals surface area contributed by atoms with Gasteiger partial charge in [0.1, 0.15) is 18.1 Å². The molecule has 2 atom stereocenters. The normalized spacial score (nSPS) is 14.0. The van der Waals surface area contributed by atoms with Crippen LogP contribution >= 0.6 is 15.9 Å². The number of aryl methyl sites for hydroxylation is 1. The summed E-state index contributed by atoms with van der Waals surface area (Å²) in [6.07, 6.45) is 0. The van der Waals surface area contributed by atoms with Crippen LogP contribution in [0.4, 0.5) is 0 Å². The van der Waals surface area contributed by atoms with E-state index in [-0.39, 0.29) is 12.1 Å². The molecular weight excluding hydrogens is 318 g/mol. The molecule has 0 bridgehead atoms. The maximum absolute atomic E-state index is 5.76. The Balaban J connectivity index is 1.80. The first-order valence-corrected chi connectivity index (χ1v) is 7.54. The molecule has 0 aliphatic carbocycles. The zero-order valence-corrected chi connectivity index (χ0v) is 13.6. The van der Waals surface area contributed by atoms with Crippen LogP contribution in [0, 0.1) is 6.92 Å². The van der Waals surface area contributed by atoms with Gasteiger partial charge in [-0.1, -0.05) is 17.7 Å². The van der Waals surface area contributed by atoms with Gasteiger partial charge in [0.15, 0.2) is 4.67 Å². The van der Waals surface area contributed by atoms with E-state index in [1.54, 1.807) is 0 Å². The topological polar surface area (TPSA) is 34.4 Å². The van der Waals surface area contributed by atoms with Crippen LogP contribution in [0.25, 0.3) is 0 Å². The standard InChI is InChI=1S/C16H20BrNO2/c1-11-4-6-14(7-5-11)19-10-12(2)18-13(3)15-8-9-16(17)20-15/h4-9,12-13,18H,10H2,1-3H3. The van der Waals surface area contributed by atoms with Gasteiger partial charge in [0, 0.05) is 6.04 Å². The fraction of sp³-hybridized carbons (Fsp3) is 0.375. The number of halogens is 1. The van der Waals surface area contributed by atoms with E-state index in [4.69, 9.17) is 9.15 Å². The van der Waals surface area contributed by atoms with E-state index in [2.05, 4.69) is 54.2 Å². The Hall–Kier alpha value is -1.26. The molecule has 1 aromatic carbocycles. The molecule has 2 aromatic rings. The lowest BCUT2D eigenvalue weighted by molar-refractivity contribution is 0.257. The molecule has 0 aliphatic rings. The summed E-state index contributed by atoms with van der Waals surface area (Å²) in [4.78, 5) is 0. The maximum Gasteiger partial charge on any atom is 0.169 e. The monoisotopic (exact) mass is 337 g/mol. The summed E-state index contributed by atoms with van der Waals surface area (Å²) < 4.78 is 12.1. The fourth-order valence-corrected chi connectivity index (χ4v) is 2.29. The van der Waals surface area contributed by atoms with E-state index in [0.717, 1.165) is 16.2 Å². The van der Waals surface area contributed by atoms with E-state index in [9.17, 15) is 0 Å². The van der Waals surface area contributed by atoms with Gasteiger partial charge in [0.2, 0.25) is 0 Å². The number of hydrogen-bond acceptors (Lipinski definition) is 3. The predicted molar refractivity (Wildman–Crippen MR) is 84.1 cm³/mol. The highest BCUT2D eigenvalue weighted by atomic mass is 79.9. The molecule has 108 valence electrons. The van der Waals surface area contributed by atoms with Gasteiger partial charge >= 0.3 is 0 Å². The van der Waals surface area contributed by atoms with Crippen molar-refractivity contribution in [2.45, 2.75) is 32.9 Å². The molecule has 3 nitrogen and oxygen atoms in total. The molecule has 2 unspecified atom stereocenters. The van der Waals surface area contributed by atoms with E-state index in [1.807, 2.05) is 24.3 Å². The van der Waals surface area contributed by atoms with Gasteiger partial charge in [0.05, 0.1) is 6.04 Å². The number of nitrogens with one attached hydrogen (secondary N) is 1. The molecule has 0 amide bonds. The smallest absolute Gasteiger partial charge is 0.169 e. The van der Waals surface area contributed by atoms with Crippen LogP contribution in [-0.4, -0.2) is 12.6 Å². The average Bonchev–Trinajstić information content (AvgIpc) is 2.85. The summed E-state index contributed by atoms with van der Waals surface area (Å²) in [7, 11) is 0. The van der Waals surface area contributed by atoms with Gasteiger partial charge in [-0.3, -0.25) is 0 Å². The summed E-state index contributed by atoms with van der Waals surface area (Å²) in [6.45, 7) is 6.86. The summed E-state index contributed by atoms with van der Waals surface area (Å²) >= 11 is 3.31. The summed E-state index contributed by atoms with van der Waals surface area (Å²) in [6, 6.07) is 12.3. The molecule has 0 fully saturated rings. The zero-order chi connectivity index (χ0) is 14.5. The highest BCUT2D eigenvalue weighted by Crippen LogP contribution is 2.20. The van der Waals surface area contributed by atoms with E-state index < -0.39 is 0 Å². The molecular formula is C16H20BrNO2. The molecule has 0 aliphatic heterocycles. The van der Waals surface area contributed by atoms with Crippen molar-refractivity contribution in [2.24, 2.45) is 0 Å². The number of hydrogen-bond donors (Lipinski definition) is 1. The van der Waals surface area contributed by atoms with Crippen LogP contribution in [0.2, 0.25) is 0 Å². The van der Waals surface area contributed by atoms with Crippen LogP contribution in [0.5, 0.6) is 5.75 Å². The van der Waals surface area contributed by atoms with Crippen molar-refractivity contribution < 1.29 is 9.15 Å². The third-order valence-corrected chi connectivity index (χ3v) is 3.50. The van der Waals surface area contributed by atoms with Crippen molar-refractivity contribution in [3.63, 3.8) is 0 Å². The molecule has 1 heterocycles. The van der Waals surface area contributed by atoms with Crippen LogP contribution < -0.4 is 10.1 Å². The largest absolute Gasteiger partial charge is 0.492 e. The molecule has 1 N–H and O–H groups in total. The zero-order valence-electron chi connectivity index (χ0n) is 12.0. The van der Waals surface area contributed by atoms with E-state index in [1.165, 1.54) is 5.56 Å². The number of benzene rings is 1. The van der Waals surface area contributed by atoms with Crippen molar-refractivity contribution in [1.82, 2.24) is 5.32 Å². The van der Waals surface area contributed by atoms with Crippen molar-refractivity contribution in [2.75, 3.05) is 6.61 Å². The maximum atomic E-state index is 5.76. The molecule has 0 radical (unpaired) electrons. The van der Waals surface area contributed by atoms with Crippen molar-refractivity contribution in [3.8, 4) is 5.75 Å². The third kappa shape index (κ3) is 4.39. The lowest BCUT2D eigenvalue weighted by Gasteiger charge is -2.19. The van der Waals surface area contributed by atoms with Crippen molar-refractivity contribution in [1.29, 1.82) is 0 Å². The third-order valence-electron chi connectivity index (χ3n) is 3.08. The van der Waals surface area contributed by atoms with Crippen molar-refractivity contribution >= 4 is 15.9 Å². The van der Waals surface area contributed by atoms with Crippen molar-refractivity contribution in [3.05, 3.63) is 52.4 Å². The SMILES string of the molecule is Cc1ccc(OCC(C)NC(C)c2ccc(Br)o2)cc1. The minimum Gasteiger partial charge on any atom is -0.492 e. The second-order valence-electron chi connectivity index (χ2n) is 5.06. The van der Waals surface area contributed by atoms with E-state index >= 15 is 0 Å². The lowest BCUT2D eigenvalue weighted by Crippen LogP contribution is -2.33. The Labute approximate surface area is 128 Å². The number of rotatable bonds is 6. The van der Waals surface area contributed by atoms with Crippen LogP contribution in [0.15, 0.2) is 45.5 Å². The lowest BCUT2D eigenvalue weighted by atomic mass is 10.2. The van der Waals surface area contributed by atoms with Gasteiger partial charge in [-0.2, -0.15) is 0 Å². The Morgan fingerprint density at radius 3 is 2.45 bits per heavy atom. The van der Waals surface area contributed by atoms with E-state index in [0.29, 0.717) is 6.61 Å². The van der Waals surface area contributed by atoms with Gasteiger partial charge in [-0.15, -0.1) is 0 Å². The molecule has 2 rings (SSSR count). The average molecular weight is 338 g/mol. The molecule has 20 heavy (non-hydrogen) atoms. The van der Waals surface area contributed by atoms with Gasteiger partial charge in [0.25, 0.3) is 0 Å². The number of ether oxygens (including phenoxy) is 1. The first-order valence-electron chi connectivity index (χ1n) is 6.75. The quantitative estimate of drug-likeness (QED) is 0.844. The molecule has 0 saturated carbocycles. The van der Waals surface area contributed by atoms with Crippen LogP contribution in [-0.2, 0) is 0 Å². The van der Waals surface area contributed by atoms with Crippen LogP contribution in [0.3, 0.4) is 0 Å². The highest BCUT2D eigenvalue weighted by molar-refractivity contribution is 9.10. The minimum absolute atomic E-state index is 0.151.